The van der Waals surface area contributed by atoms with Crippen molar-refractivity contribution in [3.8, 4) is 0 Å². The molecule has 5 rings (SSSR count). The van der Waals surface area contributed by atoms with Crippen molar-refractivity contribution in [3.05, 3.63) is 35.9 Å². The predicted octanol–water partition coefficient (Wildman–Crippen LogP) is 2.12. The largest absolute Gasteiger partial charge is 0.385 e. The van der Waals surface area contributed by atoms with Crippen molar-refractivity contribution in [1.29, 1.82) is 0 Å². The Morgan fingerprint density at radius 1 is 1.12 bits per heavy atom. The minimum Gasteiger partial charge on any atom is -0.385 e. The minimum atomic E-state index is -0.728. The van der Waals surface area contributed by atoms with Gasteiger partial charge in [0.2, 0.25) is 0 Å². The molecule has 0 spiro atoms. The van der Waals surface area contributed by atoms with Gasteiger partial charge in [-0.15, -0.1) is 0 Å². The monoisotopic (exact) mass is 228 g/mol. The van der Waals surface area contributed by atoms with E-state index in [0.717, 1.165) is 24.8 Å². The Morgan fingerprint density at radius 3 is 2.65 bits per heavy atom. The second-order valence-corrected chi connectivity index (χ2v) is 5.91. The van der Waals surface area contributed by atoms with Gasteiger partial charge in [0.25, 0.3) is 0 Å². The Balaban J connectivity index is 1.84. The third kappa shape index (κ3) is 1.03. The summed E-state index contributed by atoms with van der Waals surface area (Å²) >= 11 is 0. The summed E-state index contributed by atoms with van der Waals surface area (Å²) in [7, 11) is 0. The van der Waals surface area contributed by atoms with E-state index in [1.165, 1.54) is 0 Å². The van der Waals surface area contributed by atoms with Crippen molar-refractivity contribution < 1.29 is 9.90 Å². The average Bonchev–Trinajstić information content (AvgIpc) is 2.70. The van der Waals surface area contributed by atoms with Crippen molar-refractivity contribution >= 4 is 5.78 Å². The Bertz CT molecular complexity index is 477. The van der Waals surface area contributed by atoms with Crippen LogP contribution in [-0.2, 0) is 10.4 Å². The van der Waals surface area contributed by atoms with E-state index in [4.69, 9.17) is 0 Å². The number of rotatable bonds is 1. The summed E-state index contributed by atoms with van der Waals surface area (Å²) in [5.41, 5.74) is 0.292. The molecule has 5 atom stereocenters. The van der Waals surface area contributed by atoms with Crippen LogP contribution in [0.1, 0.15) is 24.8 Å². The van der Waals surface area contributed by atoms with Crippen molar-refractivity contribution in [2.75, 3.05) is 0 Å². The zero-order valence-corrected chi connectivity index (χ0v) is 9.67. The first kappa shape index (κ1) is 9.84. The number of aliphatic hydroxyl groups is 1. The van der Waals surface area contributed by atoms with Gasteiger partial charge in [-0.1, -0.05) is 30.3 Å². The summed E-state index contributed by atoms with van der Waals surface area (Å²) in [6, 6.07) is 9.96. The van der Waals surface area contributed by atoms with E-state index in [1.54, 1.807) is 0 Å². The van der Waals surface area contributed by atoms with Crippen molar-refractivity contribution in [2.45, 2.75) is 24.9 Å². The van der Waals surface area contributed by atoms with Crippen LogP contribution in [0.2, 0.25) is 0 Å². The first-order valence-corrected chi connectivity index (χ1v) is 6.53. The van der Waals surface area contributed by atoms with Gasteiger partial charge in [0.15, 0.2) is 0 Å². The molecule has 4 saturated carbocycles. The third-order valence-electron chi connectivity index (χ3n) is 5.32. The van der Waals surface area contributed by atoms with Gasteiger partial charge in [-0.3, -0.25) is 4.79 Å². The van der Waals surface area contributed by atoms with E-state index in [9.17, 15) is 9.90 Å². The molecular weight excluding hydrogens is 212 g/mol. The van der Waals surface area contributed by atoms with E-state index in [2.05, 4.69) is 0 Å². The van der Waals surface area contributed by atoms with E-state index >= 15 is 0 Å². The topological polar surface area (TPSA) is 37.3 Å². The van der Waals surface area contributed by atoms with Gasteiger partial charge < -0.3 is 5.11 Å². The Hall–Kier alpha value is -1.15. The lowest BCUT2D eigenvalue weighted by Gasteiger charge is -2.40. The summed E-state index contributed by atoms with van der Waals surface area (Å²) in [4.78, 5) is 12.0. The zero-order chi connectivity index (χ0) is 11.6. The normalized spacial score (nSPS) is 46.8. The standard InChI is InChI=1S/C15H16O2/c16-14-9-6-11-8-12(14)13(7-9)15(11,17)10-4-2-1-3-5-10/h1-5,9,11-13,17H,6-8H2. The lowest BCUT2D eigenvalue weighted by molar-refractivity contribution is -0.126. The molecule has 1 N–H and O–H groups in total. The van der Waals surface area contributed by atoms with Crippen LogP contribution < -0.4 is 0 Å². The molecule has 1 aromatic carbocycles. The number of carbonyl (C=O) groups excluding carboxylic acids is 1. The average molecular weight is 228 g/mol. The van der Waals surface area contributed by atoms with Crippen LogP contribution in [-0.4, -0.2) is 10.9 Å². The first-order chi connectivity index (χ1) is 8.21. The lowest BCUT2D eigenvalue weighted by Crippen LogP contribution is -2.40. The molecule has 0 radical (unpaired) electrons. The van der Waals surface area contributed by atoms with Crippen molar-refractivity contribution in [3.63, 3.8) is 0 Å². The van der Waals surface area contributed by atoms with Crippen molar-refractivity contribution in [1.82, 2.24) is 0 Å². The summed E-state index contributed by atoms with van der Waals surface area (Å²) in [5, 5.41) is 11.1. The second-order valence-electron chi connectivity index (χ2n) is 5.91. The molecule has 17 heavy (non-hydrogen) atoms. The minimum absolute atomic E-state index is 0.143. The number of ketones is 1. The molecule has 88 valence electrons. The van der Waals surface area contributed by atoms with Gasteiger partial charge in [-0.25, -0.2) is 0 Å². The van der Waals surface area contributed by atoms with Crippen molar-refractivity contribution in [2.24, 2.45) is 23.7 Å². The number of carbonyl (C=O) groups is 1. The van der Waals surface area contributed by atoms with E-state index < -0.39 is 5.60 Å². The second kappa shape index (κ2) is 2.99. The van der Waals surface area contributed by atoms with Gasteiger partial charge in [-0.05, 0) is 30.7 Å². The molecule has 1 aromatic rings. The first-order valence-electron chi connectivity index (χ1n) is 6.53. The molecule has 0 aromatic heterocycles. The van der Waals surface area contributed by atoms with Gasteiger partial charge in [0, 0.05) is 17.8 Å². The Morgan fingerprint density at radius 2 is 1.88 bits per heavy atom. The van der Waals surface area contributed by atoms with Gasteiger partial charge >= 0.3 is 0 Å². The van der Waals surface area contributed by atoms with Crippen LogP contribution >= 0.6 is 0 Å². The maximum atomic E-state index is 12.0. The highest BCUT2D eigenvalue weighted by atomic mass is 16.3. The fourth-order valence-electron chi connectivity index (χ4n) is 4.63. The quantitative estimate of drug-likeness (QED) is 0.799. The molecule has 4 bridgehead atoms. The fourth-order valence-corrected chi connectivity index (χ4v) is 4.63. The van der Waals surface area contributed by atoms with E-state index in [1.807, 2.05) is 30.3 Å². The highest BCUT2D eigenvalue weighted by molar-refractivity contribution is 5.88. The summed E-state index contributed by atoms with van der Waals surface area (Å²) in [6.07, 6.45) is 2.72. The lowest BCUT2D eigenvalue weighted by atomic mass is 9.69. The van der Waals surface area contributed by atoms with Crippen LogP contribution in [0.15, 0.2) is 30.3 Å². The fraction of sp³-hybridized carbons (Fsp3) is 0.533. The summed E-state index contributed by atoms with van der Waals surface area (Å²) in [5.74, 6) is 1.31. The number of hydrogen-bond donors (Lipinski definition) is 1. The predicted molar refractivity (Wildman–Crippen MR) is 63.2 cm³/mol. The maximum Gasteiger partial charge on any atom is 0.139 e. The molecule has 4 aliphatic rings. The molecule has 0 aliphatic heterocycles. The highest BCUT2D eigenvalue weighted by Gasteiger charge is 2.65. The van der Waals surface area contributed by atoms with Crippen LogP contribution in [0.5, 0.6) is 0 Å². The Kier molecular flexibility index (Phi) is 1.73. The number of hydrogen-bond acceptors (Lipinski definition) is 2. The Labute approximate surface area is 101 Å². The molecule has 0 heterocycles. The van der Waals surface area contributed by atoms with Crippen LogP contribution in [0.4, 0.5) is 0 Å². The molecule has 2 heteroatoms. The molecule has 2 nitrogen and oxygen atoms in total. The highest BCUT2D eigenvalue weighted by Crippen LogP contribution is 2.64. The van der Waals surface area contributed by atoms with Crippen LogP contribution in [0.3, 0.4) is 0 Å². The maximum absolute atomic E-state index is 12.0. The SMILES string of the molecule is O=C1C2CC3CC1C(C2)C3(O)c1ccccc1. The van der Waals surface area contributed by atoms with Gasteiger partial charge in [0.1, 0.15) is 5.78 Å². The summed E-state index contributed by atoms with van der Waals surface area (Å²) in [6.45, 7) is 0. The third-order valence-corrected chi connectivity index (χ3v) is 5.32. The molecular formula is C15H16O2. The van der Waals surface area contributed by atoms with Crippen LogP contribution in [0, 0.1) is 23.7 Å². The van der Waals surface area contributed by atoms with Gasteiger partial charge in [0.05, 0.1) is 5.60 Å². The zero-order valence-electron chi connectivity index (χ0n) is 9.67. The number of Topliss-reactive ketones (excluding diaryl/α,β-unsaturated/α-hetero) is 1. The summed E-state index contributed by atoms with van der Waals surface area (Å²) < 4.78 is 0. The molecule has 0 saturated heterocycles. The molecule has 5 unspecified atom stereocenters. The number of benzene rings is 1. The molecule has 4 aliphatic carbocycles. The van der Waals surface area contributed by atoms with Gasteiger partial charge in [-0.2, -0.15) is 0 Å². The molecule has 4 fully saturated rings. The van der Waals surface area contributed by atoms with E-state index in [-0.39, 0.29) is 17.8 Å². The smallest absolute Gasteiger partial charge is 0.139 e. The van der Waals surface area contributed by atoms with Crippen LogP contribution in [0.25, 0.3) is 0 Å². The molecule has 0 amide bonds. The van der Waals surface area contributed by atoms with E-state index in [0.29, 0.717) is 11.7 Å².